The SMILES string of the molecule is Nc1cc(N)c(N2CCc3ccccc32)c(F)c1Cl. The highest BCUT2D eigenvalue weighted by Gasteiger charge is 2.26. The molecule has 0 radical (unpaired) electrons. The summed E-state index contributed by atoms with van der Waals surface area (Å²) in [5.74, 6) is -0.559. The van der Waals surface area contributed by atoms with Crippen molar-refractivity contribution in [3.63, 3.8) is 0 Å². The first-order chi connectivity index (χ1) is 9.09. The lowest BCUT2D eigenvalue weighted by molar-refractivity contribution is 0.628. The minimum atomic E-state index is -0.559. The summed E-state index contributed by atoms with van der Waals surface area (Å²) >= 11 is 5.88. The molecule has 0 spiro atoms. The molecule has 0 unspecified atom stereocenters. The van der Waals surface area contributed by atoms with Crippen LogP contribution in [0.2, 0.25) is 5.02 Å². The molecule has 0 atom stereocenters. The molecule has 19 heavy (non-hydrogen) atoms. The van der Waals surface area contributed by atoms with E-state index in [1.807, 2.05) is 29.2 Å². The standard InChI is InChI=1S/C14H13ClFN3/c15-12-9(17)7-10(18)14(13(12)16)19-6-5-8-3-1-2-4-11(8)19/h1-4,7H,5-6,17-18H2. The van der Waals surface area contributed by atoms with Crippen molar-refractivity contribution in [2.24, 2.45) is 0 Å². The molecule has 3 rings (SSSR count). The average Bonchev–Trinajstić information content (AvgIpc) is 2.81. The number of rotatable bonds is 1. The first-order valence-corrected chi connectivity index (χ1v) is 6.35. The second-order valence-corrected chi connectivity index (χ2v) is 4.94. The second kappa shape index (κ2) is 4.31. The highest BCUT2D eigenvalue weighted by atomic mass is 35.5. The Hall–Kier alpha value is -1.94. The summed E-state index contributed by atoms with van der Waals surface area (Å²) in [6.45, 7) is 0.681. The van der Waals surface area contributed by atoms with Crippen molar-refractivity contribution < 1.29 is 4.39 Å². The largest absolute Gasteiger partial charge is 0.397 e. The van der Waals surface area contributed by atoms with Crippen molar-refractivity contribution in [2.45, 2.75) is 6.42 Å². The van der Waals surface area contributed by atoms with Gasteiger partial charge in [-0.15, -0.1) is 0 Å². The predicted octanol–water partition coefficient (Wildman–Crippen LogP) is 3.34. The maximum absolute atomic E-state index is 14.3. The van der Waals surface area contributed by atoms with Gasteiger partial charge in [0.05, 0.1) is 11.4 Å². The fourth-order valence-electron chi connectivity index (χ4n) is 2.50. The first kappa shape index (κ1) is 12.1. The third-order valence-electron chi connectivity index (χ3n) is 3.40. The van der Waals surface area contributed by atoms with Crippen molar-refractivity contribution in [1.82, 2.24) is 0 Å². The van der Waals surface area contributed by atoms with Gasteiger partial charge in [-0.05, 0) is 24.1 Å². The minimum absolute atomic E-state index is 0.0754. The Balaban J connectivity index is 2.17. The summed E-state index contributed by atoms with van der Waals surface area (Å²) in [5.41, 5.74) is 14.4. The topological polar surface area (TPSA) is 55.3 Å². The zero-order chi connectivity index (χ0) is 13.6. The lowest BCUT2D eigenvalue weighted by Crippen LogP contribution is -2.17. The van der Waals surface area contributed by atoms with Crippen LogP contribution in [0.15, 0.2) is 30.3 Å². The number of nitrogen functional groups attached to an aromatic ring is 2. The summed E-state index contributed by atoms with van der Waals surface area (Å²) in [5, 5.41) is -0.0754. The third-order valence-corrected chi connectivity index (χ3v) is 3.78. The smallest absolute Gasteiger partial charge is 0.169 e. The summed E-state index contributed by atoms with van der Waals surface area (Å²) in [6, 6.07) is 9.37. The zero-order valence-corrected chi connectivity index (χ0v) is 10.9. The van der Waals surface area contributed by atoms with Gasteiger partial charge in [-0.25, -0.2) is 4.39 Å². The van der Waals surface area contributed by atoms with E-state index in [0.29, 0.717) is 17.9 Å². The molecule has 1 aliphatic rings. The Morgan fingerprint density at radius 3 is 2.68 bits per heavy atom. The van der Waals surface area contributed by atoms with Gasteiger partial charge >= 0.3 is 0 Å². The molecule has 0 fully saturated rings. The van der Waals surface area contributed by atoms with Crippen molar-refractivity contribution in [2.75, 3.05) is 22.9 Å². The highest BCUT2D eigenvalue weighted by Crippen LogP contribution is 2.42. The fourth-order valence-corrected chi connectivity index (χ4v) is 2.65. The van der Waals surface area contributed by atoms with Gasteiger partial charge in [-0.3, -0.25) is 0 Å². The fraction of sp³-hybridized carbons (Fsp3) is 0.143. The lowest BCUT2D eigenvalue weighted by Gasteiger charge is -2.23. The molecule has 5 heteroatoms. The number of anilines is 4. The number of hydrogen-bond acceptors (Lipinski definition) is 3. The van der Waals surface area contributed by atoms with E-state index in [1.165, 1.54) is 11.6 Å². The molecule has 0 saturated carbocycles. The molecule has 2 aromatic rings. The van der Waals surface area contributed by atoms with Crippen LogP contribution >= 0.6 is 11.6 Å². The van der Waals surface area contributed by atoms with Crippen LogP contribution in [0.1, 0.15) is 5.56 Å². The molecule has 98 valence electrons. The third kappa shape index (κ3) is 1.79. The zero-order valence-electron chi connectivity index (χ0n) is 10.2. The van der Waals surface area contributed by atoms with E-state index in [0.717, 1.165) is 12.1 Å². The normalized spacial score (nSPS) is 13.7. The van der Waals surface area contributed by atoms with E-state index in [1.54, 1.807) is 0 Å². The van der Waals surface area contributed by atoms with Gasteiger partial charge in [0.1, 0.15) is 10.7 Å². The number of nitrogens with zero attached hydrogens (tertiary/aromatic N) is 1. The van der Waals surface area contributed by atoms with Crippen molar-refractivity contribution in [1.29, 1.82) is 0 Å². The molecule has 4 N–H and O–H groups in total. The molecule has 0 amide bonds. The number of nitrogens with two attached hydrogens (primary N) is 2. The number of hydrogen-bond donors (Lipinski definition) is 2. The van der Waals surface area contributed by atoms with Crippen LogP contribution in [-0.2, 0) is 6.42 Å². The molecular weight excluding hydrogens is 265 g/mol. The van der Waals surface area contributed by atoms with E-state index < -0.39 is 5.82 Å². The predicted molar refractivity (Wildman–Crippen MR) is 77.4 cm³/mol. The van der Waals surface area contributed by atoms with E-state index in [-0.39, 0.29) is 10.7 Å². The van der Waals surface area contributed by atoms with Gasteiger partial charge in [0, 0.05) is 12.2 Å². The molecule has 0 aliphatic carbocycles. The number of halogens is 2. The second-order valence-electron chi connectivity index (χ2n) is 4.56. The Labute approximate surface area is 115 Å². The number of para-hydroxylation sites is 1. The summed E-state index contributed by atoms with van der Waals surface area (Å²) in [4.78, 5) is 1.85. The molecule has 0 saturated heterocycles. The summed E-state index contributed by atoms with van der Waals surface area (Å²) in [6.07, 6.45) is 0.858. The van der Waals surface area contributed by atoms with E-state index >= 15 is 0 Å². The van der Waals surface area contributed by atoms with Crippen LogP contribution < -0.4 is 16.4 Å². The van der Waals surface area contributed by atoms with Crippen LogP contribution in [0, 0.1) is 5.82 Å². The highest BCUT2D eigenvalue weighted by molar-refractivity contribution is 6.33. The Bertz CT molecular complexity index is 657. The molecule has 1 aliphatic heterocycles. The van der Waals surface area contributed by atoms with Crippen LogP contribution in [0.25, 0.3) is 0 Å². The van der Waals surface area contributed by atoms with Gasteiger partial charge in [0.15, 0.2) is 5.82 Å². The summed E-state index contributed by atoms with van der Waals surface area (Å²) < 4.78 is 14.3. The maximum Gasteiger partial charge on any atom is 0.169 e. The molecule has 0 aromatic heterocycles. The Morgan fingerprint density at radius 2 is 1.89 bits per heavy atom. The van der Waals surface area contributed by atoms with E-state index in [9.17, 15) is 4.39 Å². The monoisotopic (exact) mass is 277 g/mol. The van der Waals surface area contributed by atoms with Crippen molar-refractivity contribution >= 4 is 34.4 Å². The molecule has 2 aromatic carbocycles. The van der Waals surface area contributed by atoms with Crippen molar-refractivity contribution in [3.8, 4) is 0 Å². The molecular formula is C14H13ClFN3. The van der Waals surface area contributed by atoms with Gasteiger partial charge < -0.3 is 16.4 Å². The quantitative estimate of drug-likeness (QED) is 0.786. The molecule has 1 heterocycles. The van der Waals surface area contributed by atoms with Crippen LogP contribution in [0.5, 0.6) is 0 Å². The molecule has 3 nitrogen and oxygen atoms in total. The Kier molecular flexibility index (Phi) is 2.75. The summed E-state index contributed by atoms with van der Waals surface area (Å²) in [7, 11) is 0. The molecule has 0 bridgehead atoms. The van der Waals surface area contributed by atoms with Crippen LogP contribution in [0.3, 0.4) is 0 Å². The average molecular weight is 278 g/mol. The number of fused-ring (bicyclic) bond motifs is 1. The van der Waals surface area contributed by atoms with E-state index in [4.69, 9.17) is 23.1 Å². The number of benzene rings is 2. The lowest BCUT2D eigenvalue weighted by atomic mass is 10.1. The Morgan fingerprint density at radius 1 is 1.16 bits per heavy atom. The van der Waals surface area contributed by atoms with Crippen LogP contribution in [0.4, 0.5) is 27.1 Å². The van der Waals surface area contributed by atoms with Gasteiger partial charge in [0.25, 0.3) is 0 Å². The van der Waals surface area contributed by atoms with Gasteiger partial charge in [-0.2, -0.15) is 0 Å². The van der Waals surface area contributed by atoms with Crippen molar-refractivity contribution in [3.05, 3.63) is 46.7 Å². The van der Waals surface area contributed by atoms with E-state index in [2.05, 4.69) is 0 Å². The van der Waals surface area contributed by atoms with Gasteiger partial charge in [-0.1, -0.05) is 29.8 Å². The maximum atomic E-state index is 14.3. The minimum Gasteiger partial charge on any atom is -0.397 e. The van der Waals surface area contributed by atoms with Gasteiger partial charge in [0.2, 0.25) is 0 Å². The van der Waals surface area contributed by atoms with Crippen LogP contribution in [-0.4, -0.2) is 6.54 Å². The first-order valence-electron chi connectivity index (χ1n) is 5.98.